The first-order chi connectivity index (χ1) is 10.7. The Bertz CT molecular complexity index is 712. The highest BCUT2D eigenvalue weighted by molar-refractivity contribution is 7.99. The molecule has 1 aromatic heterocycles. The highest BCUT2D eigenvalue weighted by Gasteiger charge is 2.15. The van der Waals surface area contributed by atoms with E-state index in [4.69, 9.17) is 4.74 Å². The van der Waals surface area contributed by atoms with Crippen molar-refractivity contribution >= 4 is 11.8 Å². The lowest BCUT2D eigenvalue weighted by atomic mass is 9.97. The van der Waals surface area contributed by atoms with E-state index in [1.54, 1.807) is 0 Å². The van der Waals surface area contributed by atoms with Crippen LogP contribution < -0.4 is 10.3 Å². The minimum absolute atomic E-state index is 0.0341. The van der Waals surface area contributed by atoms with E-state index in [2.05, 4.69) is 9.97 Å². The van der Waals surface area contributed by atoms with Crippen molar-refractivity contribution in [2.75, 3.05) is 12.4 Å². The summed E-state index contributed by atoms with van der Waals surface area (Å²) in [7, 11) is 0. The Labute approximate surface area is 134 Å². The lowest BCUT2D eigenvalue weighted by molar-refractivity contribution is 0.343. The average Bonchev–Trinajstić information content (AvgIpc) is 2.52. The fourth-order valence-corrected chi connectivity index (χ4v) is 3.35. The molecule has 5 heteroatoms. The summed E-state index contributed by atoms with van der Waals surface area (Å²) in [6.45, 7) is 2.64. The number of aromatic amines is 1. The van der Waals surface area contributed by atoms with Crippen LogP contribution >= 0.6 is 11.8 Å². The molecule has 116 valence electrons. The Kier molecular flexibility index (Phi) is 4.83. The summed E-state index contributed by atoms with van der Waals surface area (Å²) in [5.74, 6) is 1.64. The van der Waals surface area contributed by atoms with Gasteiger partial charge in [-0.05, 0) is 50.3 Å². The van der Waals surface area contributed by atoms with Crippen LogP contribution in [0.3, 0.4) is 0 Å². The van der Waals surface area contributed by atoms with Crippen molar-refractivity contribution < 1.29 is 4.74 Å². The van der Waals surface area contributed by atoms with E-state index in [-0.39, 0.29) is 5.56 Å². The zero-order valence-electron chi connectivity index (χ0n) is 12.7. The maximum absolute atomic E-state index is 12.0. The molecule has 0 atom stereocenters. The number of fused-ring (bicyclic) bond motifs is 1. The number of nitrogens with one attached hydrogen (secondary N) is 1. The van der Waals surface area contributed by atoms with E-state index in [0.29, 0.717) is 11.8 Å². The molecular weight excluding hydrogens is 296 g/mol. The summed E-state index contributed by atoms with van der Waals surface area (Å²) in [5.41, 5.74) is 3.08. The molecule has 2 aromatic rings. The zero-order chi connectivity index (χ0) is 15.4. The molecule has 1 N–H and O–H groups in total. The van der Waals surface area contributed by atoms with Gasteiger partial charge in [0.05, 0.1) is 12.3 Å². The second kappa shape index (κ2) is 7.01. The van der Waals surface area contributed by atoms with Crippen LogP contribution in [0.4, 0.5) is 0 Å². The van der Waals surface area contributed by atoms with Crippen molar-refractivity contribution in [3.8, 4) is 5.75 Å². The second-order valence-corrected chi connectivity index (χ2v) is 6.60. The molecule has 0 amide bonds. The molecule has 1 aliphatic carbocycles. The van der Waals surface area contributed by atoms with Crippen molar-refractivity contribution in [2.24, 2.45) is 0 Å². The van der Waals surface area contributed by atoms with Gasteiger partial charge >= 0.3 is 0 Å². The number of H-pyrrole nitrogens is 1. The molecule has 0 unspecified atom stereocenters. The van der Waals surface area contributed by atoms with Gasteiger partial charge in [0.25, 0.3) is 5.56 Å². The molecule has 3 rings (SSSR count). The number of hydrogen-bond donors (Lipinski definition) is 1. The van der Waals surface area contributed by atoms with E-state index < -0.39 is 0 Å². The smallest absolute Gasteiger partial charge is 0.254 e. The van der Waals surface area contributed by atoms with E-state index >= 15 is 0 Å². The maximum atomic E-state index is 12.0. The standard InChI is InChI=1S/C17H20N2O2S/c1-12-5-4-6-13(11-12)21-9-10-22-17-18-15-8-3-2-7-14(15)16(20)19-17/h4-6,11H,2-3,7-10H2,1H3,(H,18,19,20). The molecule has 0 radical (unpaired) electrons. The van der Waals surface area contributed by atoms with E-state index in [1.165, 1.54) is 17.3 Å². The fourth-order valence-electron chi connectivity index (χ4n) is 2.65. The Morgan fingerprint density at radius 1 is 1.32 bits per heavy atom. The Balaban J connectivity index is 1.56. The first-order valence-electron chi connectivity index (χ1n) is 7.67. The van der Waals surface area contributed by atoms with Gasteiger partial charge in [-0.25, -0.2) is 4.98 Å². The summed E-state index contributed by atoms with van der Waals surface area (Å²) in [6, 6.07) is 8.00. The summed E-state index contributed by atoms with van der Waals surface area (Å²) >= 11 is 1.54. The molecule has 0 bridgehead atoms. The first-order valence-corrected chi connectivity index (χ1v) is 8.65. The second-order valence-electron chi connectivity index (χ2n) is 5.52. The van der Waals surface area contributed by atoms with E-state index in [9.17, 15) is 4.79 Å². The van der Waals surface area contributed by atoms with Crippen LogP contribution in [-0.4, -0.2) is 22.3 Å². The van der Waals surface area contributed by atoms with Gasteiger partial charge in [-0.1, -0.05) is 23.9 Å². The number of aryl methyl sites for hydroxylation is 2. The number of rotatable bonds is 5. The number of aromatic nitrogens is 2. The topological polar surface area (TPSA) is 55.0 Å². The van der Waals surface area contributed by atoms with Gasteiger partial charge in [-0.15, -0.1) is 0 Å². The molecular formula is C17H20N2O2S. The van der Waals surface area contributed by atoms with E-state index in [0.717, 1.165) is 48.4 Å². The molecule has 1 aliphatic rings. The number of hydrogen-bond acceptors (Lipinski definition) is 4. The highest BCUT2D eigenvalue weighted by atomic mass is 32.2. The molecule has 0 aliphatic heterocycles. The molecule has 1 heterocycles. The molecule has 0 saturated heterocycles. The summed E-state index contributed by atoms with van der Waals surface area (Å²) in [5, 5.41) is 0.707. The number of benzene rings is 1. The van der Waals surface area contributed by atoms with Gasteiger partial charge in [0.1, 0.15) is 5.75 Å². The minimum Gasteiger partial charge on any atom is -0.493 e. The van der Waals surface area contributed by atoms with Gasteiger partial charge in [0.15, 0.2) is 5.16 Å². The van der Waals surface area contributed by atoms with Crippen molar-refractivity contribution in [2.45, 2.75) is 37.8 Å². The van der Waals surface area contributed by atoms with Crippen molar-refractivity contribution in [3.05, 3.63) is 51.4 Å². The van der Waals surface area contributed by atoms with Gasteiger partial charge in [0, 0.05) is 11.3 Å². The first kappa shape index (κ1) is 15.2. The maximum Gasteiger partial charge on any atom is 0.254 e. The minimum atomic E-state index is 0.0341. The van der Waals surface area contributed by atoms with Crippen molar-refractivity contribution in [1.82, 2.24) is 9.97 Å². The van der Waals surface area contributed by atoms with Crippen LogP contribution in [0.15, 0.2) is 34.2 Å². The predicted octanol–water partition coefficient (Wildman–Crippen LogP) is 3.13. The Morgan fingerprint density at radius 3 is 3.05 bits per heavy atom. The Morgan fingerprint density at radius 2 is 2.18 bits per heavy atom. The van der Waals surface area contributed by atoms with Crippen molar-refractivity contribution in [1.29, 1.82) is 0 Å². The normalized spacial score (nSPS) is 13.7. The quantitative estimate of drug-likeness (QED) is 0.523. The number of thioether (sulfide) groups is 1. The average molecular weight is 316 g/mol. The third kappa shape index (κ3) is 3.71. The SMILES string of the molecule is Cc1cccc(OCCSc2nc3c(c(=O)[nH]2)CCCC3)c1. The van der Waals surface area contributed by atoms with Crippen LogP contribution in [0, 0.1) is 6.92 Å². The fraction of sp³-hybridized carbons (Fsp3) is 0.412. The third-order valence-corrected chi connectivity index (χ3v) is 4.59. The molecule has 0 fully saturated rings. The largest absolute Gasteiger partial charge is 0.493 e. The van der Waals surface area contributed by atoms with Gasteiger partial charge < -0.3 is 9.72 Å². The highest BCUT2D eigenvalue weighted by Crippen LogP contribution is 2.19. The van der Waals surface area contributed by atoms with Crippen molar-refractivity contribution in [3.63, 3.8) is 0 Å². The van der Waals surface area contributed by atoms with Crippen LogP contribution in [0.5, 0.6) is 5.75 Å². The molecule has 1 aromatic carbocycles. The molecule has 22 heavy (non-hydrogen) atoms. The lowest BCUT2D eigenvalue weighted by Crippen LogP contribution is -2.21. The van der Waals surface area contributed by atoms with Gasteiger partial charge in [0.2, 0.25) is 0 Å². The van der Waals surface area contributed by atoms with Crippen LogP contribution in [0.2, 0.25) is 0 Å². The summed E-state index contributed by atoms with van der Waals surface area (Å²) < 4.78 is 5.71. The summed E-state index contributed by atoms with van der Waals surface area (Å²) in [4.78, 5) is 19.5. The number of nitrogens with zero attached hydrogens (tertiary/aromatic N) is 1. The van der Waals surface area contributed by atoms with E-state index in [1.807, 2.05) is 31.2 Å². The molecule has 0 spiro atoms. The van der Waals surface area contributed by atoms with Crippen LogP contribution in [0.25, 0.3) is 0 Å². The Hall–Kier alpha value is -1.75. The summed E-state index contributed by atoms with van der Waals surface area (Å²) in [6.07, 6.45) is 4.00. The lowest BCUT2D eigenvalue weighted by Gasteiger charge is -2.14. The molecule has 4 nitrogen and oxygen atoms in total. The monoisotopic (exact) mass is 316 g/mol. The van der Waals surface area contributed by atoms with Gasteiger partial charge in [-0.3, -0.25) is 4.79 Å². The van der Waals surface area contributed by atoms with Crippen LogP contribution in [-0.2, 0) is 12.8 Å². The van der Waals surface area contributed by atoms with Crippen LogP contribution in [0.1, 0.15) is 29.7 Å². The number of ether oxygens (including phenoxy) is 1. The van der Waals surface area contributed by atoms with Gasteiger partial charge in [-0.2, -0.15) is 0 Å². The predicted molar refractivity (Wildman–Crippen MR) is 88.9 cm³/mol. The third-order valence-electron chi connectivity index (χ3n) is 3.75. The molecule has 0 saturated carbocycles. The zero-order valence-corrected chi connectivity index (χ0v) is 13.5.